The molecule has 0 fully saturated rings. The van der Waals surface area contributed by atoms with Crippen molar-refractivity contribution in [3.05, 3.63) is 185 Å². The van der Waals surface area contributed by atoms with Crippen LogP contribution in [0.25, 0.3) is 22.3 Å². The van der Waals surface area contributed by atoms with Gasteiger partial charge < -0.3 is 10.0 Å². The van der Waals surface area contributed by atoms with Gasteiger partial charge in [-0.05, 0) is 67.2 Å². The van der Waals surface area contributed by atoms with Gasteiger partial charge in [0.05, 0.1) is 5.41 Å². The van der Waals surface area contributed by atoms with E-state index in [0.29, 0.717) is 5.46 Å². The Labute approximate surface area is 254 Å². The number of benzene rings is 6. The summed E-state index contributed by atoms with van der Waals surface area (Å²) in [4.78, 5) is 0. The van der Waals surface area contributed by atoms with Crippen LogP contribution in [0.1, 0.15) is 47.2 Å². The predicted octanol–water partition coefficient (Wildman–Crippen LogP) is 7.72. The molecule has 6 aromatic rings. The SMILES string of the molecule is CC1(C)c2cc(B(O)O)ccc2-c2ccc(-c3ccc(C(c4ccccc4)(c4ccccc4)c4ccccc4)cc3)cc21. The highest BCUT2D eigenvalue weighted by atomic mass is 16.4. The molecule has 3 heteroatoms. The molecular weight excluding hydrogens is 523 g/mol. The highest BCUT2D eigenvalue weighted by molar-refractivity contribution is 6.58. The fourth-order valence-electron chi connectivity index (χ4n) is 7.07. The molecule has 0 aromatic heterocycles. The van der Waals surface area contributed by atoms with E-state index in [1.54, 1.807) is 6.07 Å². The zero-order chi connectivity index (χ0) is 29.6. The van der Waals surface area contributed by atoms with Gasteiger partial charge in [-0.3, -0.25) is 0 Å². The van der Waals surface area contributed by atoms with Crippen molar-refractivity contribution in [2.75, 3.05) is 0 Å². The number of hydrogen-bond acceptors (Lipinski definition) is 2. The molecule has 43 heavy (non-hydrogen) atoms. The summed E-state index contributed by atoms with van der Waals surface area (Å²) in [5.74, 6) is 0. The summed E-state index contributed by atoms with van der Waals surface area (Å²) in [7, 11) is -1.48. The van der Waals surface area contributed by atoms with Crippen LogP contribution in [0.2, 0.25) is 0 Å². The van der Waals surface area contributed by atoms with Crippen molar-refractivity contribution >= 4 is 12.6 Å². The summed E-state index contributed by atoms with van der Waals surface area (Å²) in [6.45, 7) is 4.43. The molecule has 0 saturated carbocycles. The van der Waals surface area contributed by atoms with Crippen molar-refractivity contribution < 1.29 is 10.0 Å². The van der Waals surface area contributed by atoms with Crippen molar-refractivity contribution in [3.8, 4) is 22.3 Å². The molecule has 0 atom stereocenters. The van der Waals surface area contributed by atoms with Gasteiger partial charge in [-0.2, -0.15) is 0 Å². The lowest BCUT2D eigenvalue weighted by Gasteiger charge is -2.37. The van der Waals surface area contributed by atoms with Crippen LogP contribution in [0.4, 0.5) is 0 Å². The van der Waals surface area contributed by atoms with E-state index in [0.717, 1.165) is 16.7 Å². The Bertz CT molecular complexity index is 1800. The van der Waals surface area contributed by atoms with Crippen LogP contribution < -0.4 is 5.46 Å². The third-order valence-electron chi connectivity index (χ3n) is 9.27. The predicted molar refractivity (Wildman–Crippen MR) is 178 cm³/mol. The van der Waals surface area contributed by atoms with Crippen molar-refractivity contribution in [1.82, 2.24) is 0 Å². The molecule has 208 valence electrons. The summed E-state index contributed by atoms with van der Waals surface area (Å²) in [5, 5.41) is 19.6. The van der Waals surface area contributed by atoms with Gasteiger partial charge in [0, 0.05) is 5.41 Å². The maximum atomic E-state index is 9.79. The Morgan fingerprint density at radius 1 is 0.465 bits per heavy atom. The molecule has 0 amide bonds. The highest BCUT2D eigenvalue weighted by Gasteiger charge is 2.39. The maximum Gasteiger partial charge on any atom is 0.488 e. The second-order valence-electron chi connectivity index (χ2n) is 12.0. The minimum Gasteiger partial charge on any atom is -0.423 e. The summed E-state index contributed by atoms with van der Waals surface area (Å²) in [5.41, 5.74) is 11.7. The molecule has 0 heterocycles. The monoisotopic (exact) mass is 556 g/mol. The molecule has 1 aliphatic rings. The Kier molecular flexibility index (Phi) is 6.66. The van der Waals surface area contributed by atoms with Gasteiger partial charge >= 0.3 is 7.12 Å². The van der Waals surface area contributed by atoms with Gasteiger partial charge in [-0.15, -0.1) is 0 Å². The summed E-state index contributed by atoms with van der Waals surface area (Å²) < 4.78 is 0. The van der Waals surface area contributed by atoms with Gasteiger partial charge in [0.1, 0.15) is 0 Å². The Hall–Kier alpha value is -4.70. The quantitative estimate of drug-likeness (QED) is 0.163. The second kappa shape index (κ2) is 10.5. The van der Waals surface area contributed by atoms with E-state index in [1.165, 1.54) is 38.9 Å². The molecule has 2 nitrogen and oxygen atoms in total. The number of fused-ring (bicyclic) bond motifs is 3. The largest absolute Gasteiger partial charge is 0.488 e. The van der Waals surface area contributed by atoms with Crippen LogP contribution in [0.5, 0.6) is 0 Å². The van der Waals surface area contributed by atoms with Crippen molar-refractivity contribution in [3.63, 3.8) is 0 Å². The van der Waals surface area contributed by atoms with E-state index in [1.807, 2.05) is 12.1 Å². The fourth-order valence-corrected chi connectivity index (χ4v) is 7.07. The van der Waals surface area contributed by atoms with Crippen LogP contribution in [0.15, 0.2) is 152 Å². The fraction of sp³-hybridized carbons (Fsp3) is 0.100. The number of rotatable bonds is 6. The van der Waals surface area contributed by atoms with Gasteiger partial charge in [0.2, 0.25) is 0 Å². The van der Waals surface area contributed by atoms with E-state index in [9.17, 15) is 10.0 Å². The first-order valence-corrected chi connectivity index (χ1v) is 14.8. The minimum absolute atomic E-state index is 0.255. The van der Waals surface area contributed by atoms with Crippen molar-refractivity contribution in [2.45, 2.75) is 24.7 Å². The molecule has 6 aromatic carbocycles. The third kappa shape index (κ3) is 4.36. The molecule has 0 aliphatic heterocycles. The molecule has 0 radical (unpaired) electrons. The lowest BCUT2D eigenvalue weighted by atomic mass is 9.65. The molecule has 0 bridgehead atoms. The zero-order valence-corrected chi connectivity index (χ0v) is 24.4. The van der Waals surface area contributed by atoms with E-state index in [4.69, 9.17) is 0 Å². The molecule has 0 unspecified atom stereocenters. The highest BCUT2D eigenvalue weighted by Crippen LogP contribution is 2.50. The first kappa shape index (κ1) is 27.2. The average molecular weight is 557 g/mol. The van der Waals surface area contributed by atoms with Crippen LogP contribution >= 0.6 is 0 Å². The van der Waals surface area contributed by atoms with Gasteiger partial charge in [-0.25, -0.2) is 0 Å². The second-order valence-corrected chi connectivity index (χ2v) is 12.0. The Morgan fingerprint density at radius 2 is 0.884 bits per heavy atom. The van der Waals surface area contributed by atoms with Gasteiger partial charge in [0.25, 0.3) is 0 Å². The third-order valence-corrected chi connectivity index (χ3v) is 9.27. The molecule has 1 aliphatic carbocycles. The van der Waals surface area contributed by atoms with E-state index in [-0.39, 0.29) is 5.41 Å². The zero-order valence-electron chi connectivity index (χ0n) is 24.4. The maximum absolute atomic E-state index is 9.79. The lowest BCUT2D eigenvalue weighted by molar-refractivity contribution is 0.425. The summed E-state index contributed by atoms with van der Waals surface area (Å²) in [6.07, 6.45) is 0. The average Bonchev–Trinajstić information content (AvgIpc) is 3.28. The minimum atomic E-state index is -1.48. The summed E-state index contributed by atoms with van der Waals surface area (Å²) in [6, 6.07) is 53.9. The number of hydrogen-bond donors (Lipinski definition) is 2. The molecule has 0 spiro atoms. The molecule has 7 rings (SSSR count). The van der Waals surface area contributed by atoms with Crippen LogP contribution in [-0.2, 0) is 10.8 Å². The Morgan fingerprint density at radius 3 is 1.37 bits per heavy atom. The van der Waals surface area contributed by atoms with Crippen LogP contribution in [0.3, 0.4) is 0 Å². The van der Waals surface area contributed by atoms with Crippen LogP contribution in [0, 0.1) is 0 Å². The lowest BCUT2D eigenvalue weighted by Crippen LogP contribution is -2.31. The smallest absolute Gasteiger partial charge is 0.423 e. The molecular formula is C40H33BO2. The first-order chi connectivity index (χ1) is 20.9. The Balaban J connectivity index is 1.35. The van der Waals surface area contributed by atoms with E-state index in [2.05, 4.69) is 147 Å². The van der Waals surface area contributed by atoms with Gasteiger partial charge in [-0.1, -0.05) is 159 Å². The van der Waals surface area contributed by atoms with E-state index < -0.39 is 12.5 Å². The topological polar surface area (TPSA) is 40.5 Å². The standard InChI is InChI=1S/C40H33BO2/c1-39(2)37-26-29(20-24-35(37)36-25-23-34(41(42)43)27-38(36)39)28-18-21-33(22-19-28)40(30-12-6-3-7-13-30,31-14-8-4-9-15-31)32-16-10-5-11-17-32/h3-27,42-43H,1-2H3. The molecule has 0 saturated heterocycles. The first-order valence-electron chi connectivity index (χ1n) is 14.8. The van der Waals surface area contributed by atoms with E-state index >= 15 is 0 Å². The van der Waals surface area contributed by atoms with Gasteiger partial charge in [0.15, 0.2) is 0 Å². The van der Waals surface area contributed by atoms with Crippen molar-refractivity contribution in [1.29, 1.82) is 0 Å². The van der Waals surface area contributed by atoms with Crippen LogP contribution in [-0.4, -0.2) is 17.2 Å². The normalized spacial score (nSPS) is 13.3. The molecule has 2 N–H and O–H groups in total. The summed E-state index contributed by atoms with van der Waals surface area (Å²) >= 11 is 0. The van der Waals surface area contributed by atoms with Crippen molar-refractivity contribution in [2.24, 2.45) is 0 Å².